The van der Waals surface area contributed by atoms with E-state index in [1.165, 1.54) is 32.2 Å². The van der Waals surface area contributed by atoms with Crippen molar-refractivity contribution in [1.29, 1.82) is 0 Å². The maximum absolute atomic E-state index is 3.32. The predicted octanol–water partition coefficient (Wildman–Crippen LogP) is 2.67. The van der Waals surface area contributed by atoms with Crippen molar-refractivity contribution >= 4 is 0 Å². The zero-order valence-corrected chi connectivity index (χ0v) is 8.77. The quantitative estimate of drug-likeness (QED) is 0.685. The molecule has 2 atom stereocenters. The van der Waals surface area contributed by atoms with E-state index in [1.54, 1.807) is 0 Å². The Morgan fingerprint density at radius 1 is 1.25 bits per heavy atom. The summed E-state index contributed by atoms with van der Waals surface area (Å²) in [5.74, 6) is 2.80. The molecular weight excluding hydrogens is 146 g/mol. The van der Waals surface area contributed by atoms with E-state index in [0.717, 1.165) is 17.8 Å². The lowest BCUT2D eigenvalue weighted by Gasteiger charge is -2.34. The van der Waals surface area contributed by atoms with Crippen LogP contribution in [0.5, 0.6) is 0 Å². The third-order valence-corrected chi connectivity index (χ3v) is 3.29. The van der Waals surface area contributed by atoms with Crippen molar-refractivity contribution in [2.24, 2.45) is 17.8 Å². The summed E-state index contributed by atoms with van der Waals surface area (Å²) in [6, 6.07) is 0. The van der Waals surface area contributed by atoms with Gasteiger partial charge >= 0.3 is 0 Å². The van der Waals surface area contributed by atoms with Crippen LogP contribution in [0.1, 0.15) is 39.5 Å². The highest BCUT2D eigenvalue weighted by Crippen LogP contribution is 2.34. The summed E-state index contributed by atoms with van der Waals surface area (Å²) in [6.07, 6.45) is 5.83. The van der Waals surface area contributed by atoms with Crippen molar-refractivity contribution in [2.75, 3.05) is 13.6 Å². The van der Waals surface area contributed by atoms with Crippen molar-refractivity contribution < 1.29 is 0 Å². The van der Waals surface area contributed by atoms with Gasteiger partial charge in [-0.05, 0) is 44.2 Å². The molecule has 0 radical (unpaired) electrons. The molecule has 0 saturated heterocycles. The Hall–Kier alpha value is -0.0400. The summed E-state index contributed by atoms with van der Waals surface area (Å²) in [6.45, 7) is 5.97. The van der Waals surface area contributed by atoms with Gasteiger partial charge in [-0.25, -0.2) is 0 Å². The normalized spacial score (nSPS) is 31.0. The Kier molecular flexibility index (Phi) is 4.07. The molecule has 0 aliphatic heterocycles. The van der Waals surface area contributed by atoms with Crippen molar-refractivity contribution in [1.82, 2.24) is 5.32 Å². The van der Waals surface area contributed by atoms with Gasteiger partial charge in [0.15, 0.2) is 0 Å². The average molecular weight is 169 g/mol. The van der Waals surface area contributed by atoms with Gasteiger partial charge in [-0.2, -0.15) is 0 Å². The lowest BCUT2D eigenvalue weighted by atomic mass is 9.73. The van der Waals surface area contributed by atoms with E-state index >= 15 is 0 Å². The van der Waals surface area contributed by atoms with Crippen LogP contribution >= 0.6 is 0 Å². The average Bonchev–Trinajstić information content (AvgIpc) is 2.05. The van der Waals surface area contributed by atoms with Gasteiger partial charge < -0.3 is 5.32 Å². The number of hydrogen-bond donors (Lipinski definition) is 1. The molecule has 0 aromatic carbocycles. The van der Waals surface area contributed by atoms with Gasteiger partial charge in [0.05, 0.1) is 0 Å². The van der Waals surface area contributed by atoms with Crippen molar-refractivity contribution in [3.05, 3.63) is 0 Å². The molecule has 12 heavy (non-hydrogen) atoms. The Labute approximate surface area is 76.9 Å². The largest absolute Gasteiger partial charge is 0.319 e. The van der Waals surface area contributed by atoms with E-state index in [1.807, 2.05) is 0 Å². The van der Waals surface area contributed by atoms with E-state index in [9.17, 15) is 0 Å². The van der Waals surface area contributed by atoms with Crippen molar-refractivity contribution in [3.63, 3.8) is 0 Å². The Morgan fingerprint density at radius 3 is 2.50 bits per heavy atom. The molecule has 72 valence electrons. The molecule has 1 nitrogen and oxygen atoms in total. The lowest BCUT2D eigenvalue weighted by molar-refractivity contribution is 0.179. The molecular formula is C11H23N. The van der Waals surface area contributed by atoms with Gasteiger partial charge in [-0.1, -0.05) is 26.7 Å². The summed E-state index contributed by atoms with van der Waals surface area (Å²) in [4.78, 5) is 0. The highest BCUT2D eigenvalue weighted by molar-refractivity contribution is 4.78. The third-order valence-electron chi connectivity index (χ3n) is 3.29. The smallest absolute Gasteiger partial charge is 0.00208 e. The molecule has 1 heteroatoms. The molecule has 0 bridgehead atoms. The molecule has 1 aliphatic carbocycles. The first-order valence-electron chi connectivity index (χ1n) is 5.40. The maximum Gasteiger partial charge on any atom is -0.00208 e. The molecule has 1 rings (SSSR count). The second kappa shape index (κ2) is 4.86. The zero-order valence-electron chi connectivity index (χ0n) is 8.77. The fourth-order valence-corrected chi connectivity index (χ4v) is 2.63. The molecule has 0 heterocycles. The molecule has 0 amide bonds. The van der Waals surface area contributed by atoms with E-state index < -0.39 is 0 Å². The van der Waals surface area contributed by atoms with Crippen LogP contribution < -0.4 is 5.32 Å². The third kappa shape index (κ3) is 2.48. The van der Waals surface area contributed by atoms with Crippen LogP contribution in [0.15, 0.2) is 0 Å². The van der Waals surface area contributed by atoms with Crippen LogP contribution in [0, 0.1) is 17.8 Å². The van der Waals surface area contributed by atoms with Crippen LogP contribution in [0.4, 0.5) is 0 Å². The number of nitrogens with one attached hydrogen (secondary N) is 1. The van der Waals surface area contributed by atoms with Crippen LogP contribution in [-0.4, -0.2) is 13.6 Å². The monoisotopic (exact) mass is 169 g/mol. The molecule has 0 aromatic rings. The van der Waals surface area contributed by atoms with E-state index in [4.69, 9.17) is 0 Å². The topological polar surface area (TPSA) is 12.0 Å². The van der Waals surface area contributed by atoms with Crippen molar-refractivity contribution in [3.8, 4) is 0 Å². The van der Waals surface area contributed by atoms with Crippen LogP contribution in [0.25, 0.3) is 0 Å². The summed E-state index contributed by atoms with van der Waals surface area (Å²) < 4.78 is 0. The fourth-order valence-electron chi connectivity index (χ4n) is 2.63. The molecule has 0 aromatic heterocycles. The Balaban J connectivity index is 2.42. The van der Waals surface area contributed by atoms with Crippen LogP contribution in [0.2, 0.25) is 0 Å². The molecule has 1 saturated carbocycles. The Morgan fingerprint density at radius 2 is 1.92 bits per heavy atom. The van der Waals surface area contributed by atoms with Crippen LogP contribution in [0.3, 0.4) is 0 Å². The number of rotatable bonds is 3. The van der Waals surface area contributed by atoms with E-state index in [-0.39, 0.29) is 0 Å². The minimum absolute atomic E-state index is 0.878. The summed E-state index contributed by atoms with van der Waals surface area (Å²) in [5, 5.41) is 3.32. The molecule has 1 fully saturated rings. The zero-order chi connectivity index (χ0) is 8.97. The highest BCUT2D eigenvalue weighted by atomic mass is 14.8. The summed E-state index contributed by atoms with van der Waals surface area (Å²) in [7, 11) is 2.08. The van der Waals surface area contributed by atoms with Gasteiger partial charge in [0, 0.05) is 0 Å². The molecule has 0 spiro atoms. The Bertz CT molecular complexity index is 118. The molecule has 2 unspecified atom stereocenters. The highest BCUT2D eigenvalue weighted by Gasteiger charge is 2.26. The minimum Gasteiger partial charge on any atom is -0.319 e. The first-order valence-corrected chi connectivity index (χ1v) is 5.40. The fraction of sp³-hybridized carbons (Fsp3) is 1.00. The van der Waals surface area contributed by atoms with Gasteiger partial charge in [0.1, 0.15) is 0 Å². The van der Waals surface area contributed by atoms with E-state index in [2.05, 4.69) is 26.2 Å². The van der Waals surface area contributed by atoms with Gasteiger partial charge in [0.2, 0.25) is 0 Å². The first kappa shape index (κ1) is 10.0. The number of hydrogen-bond acceptors (Lipinski definition) is 1. The predicted molar refractivity (Wildman–Crippen MR) is 54.2 cm³/mol. The standard InChI is InChI=1S/C11H23N/c1-9(2)11-7-5-4-6-10(11)8-12-3/h9-12H,4-8H2,1-3H3. The molecule has 1 N–H and O–H groups in total. The van der Waals surface area contributed by atoms with E-state index in [0.29, 0.717) is 0 Å². The second-order valence-electron chi connectivity index (χ2n) is 4.51. The SMILES string of the molecule is CNCC1CCCCC1C(C)C. The summed E-state index contributed by atoms with van der Waals surface area (Å²) in [5.41, 5.74) is 0. The summed E-state index contributed by atoms with van der Waals surface area (Å²) >= 11 is 0. The molecule has 1 aliphatic rings. The first-order chi connectivity index (χ1) is 5.75. The maximum atomic E-state index is 3.32. The van der Waals surface area contributed by atoms with Gasteiger partial charge in [0.25, 0.3) is 0 Å². The minimum atomic E-state index is 0.878. The van der Waals surface area contributed by atoms with Gasteiger partial charge in [-0.15, -0.1) is 0 Å². The second-order valence-corrected chi connectivity index (χ2v) is 4.51. The lowest BCUT2D eigenvalue weighted by Crippen LogP contribution is -2.31. The van der Waals surface area contributed by atoms with Crippen molar-refractivity contribution in [2.45, 2.75) is 39.5 Å². The van der Waals surface area contributed by atoms with Gasteiger partial charge in [-0.3, -0.25) is 0 Å². The van der Waals surface area contributed by atoms with Crippen LogP contribution in [-0.2, 0) is 0 Å².